The molecule has 0 radical (unpaired) electrons. The third-order valence-corrected chi connectivity index (χ3v) is 1.88. The molecule has 1 fully saturated rings. The highest BCUT2D eigenvalue weighted by Crippen LogP contribution is 2.24. The van der Waals surface area contributed by atoms with Crippen LogP contribution in [0.5, 0.6) is 0 Å². The van der Waals surface area contributed by atoms with Gasteiger partial charge in [0.15, 0.2) is 0 Å². The maximum atomic E-state index is 4.90. The van der Waals surface area contributed by atoms with E-state index in [4.69, 9.17) is 9.78 Å². The second kappa shape index (κ2) is 2.61. The van der Waals surface area contributed by atoms with E-state index < -0.39 is 0 Å². The number of hydrogen-bond acceptors (Lipinski definition) is 5. The first kappa shape index (κ1) is 6.21. The van der Waals surface area contributed by atoms with Crippen molar-refractivity contribution in [1.82, 2.24) is 9.59 Å². The highest BCUT2D eigenvalue weighted by atomic mass is 32.1. The summed E-state index contributed by atoms with van der Waals surface area (Å²) in [6, 6.07) is 0. The summed E-state index contributed by atoms with van der Waals surface area (Å²) in [5.41, 5.74) is 0.877. The largest absolute Gasteiger partial charge is 0.236 e. The molecule has 0 aliphatic carbocycles. The van der Waals surface area contributed by atoms with Gasteiger partial charge in [-0.15, -0.1) is 5.10 Å². The van der Waals surface area contributed by atoms with E-state index in [1.54, 1.807) is 0 Å². The van der Waals surface area contributed by atoms with E-state index in [-0.39, 0.29) is 6.10 Å². The lowest BCUT2D eigenvalue weighted by Gasteiger charge is -1.98. The predicted octanol–water partition coefficient (Wildman–Crippen LogP) is 0.931. The Hall–Kier alpha value is -0.520. The first-order valence-electron chi connectivity index (χ1n) is 3.02. The summed E-state index contributed by atoms with van der Waals surface area (Å²) >= 11 is 1.33. The van der Waals surface area contributed by atoms with Crippen LogP contribution >= 0.6 is 11.5 Å². The Balaban J connectivity index is 2.12. The van der Waals surface area contributed by atoms with Crippen LogP contribution in [0.4, 0.5) is 0 Å². The number of aromatic nitrogens is 2. The van der Waals surface area contributed by atoms with Crippen LogP contribution in [-0.2, 0) is 9.78 Å². The summed E-state index contributed by atoms with van der Waals surface area (Å²) in [4.78, 5) is 9.62. The summed E-state index contributed by atoms with van der Waals surface area (Å²) in [6.45, 7) is 0.655. The zero-order chi connectivity index (χ0) is 6.81. The van der Waals surface area contributed by atoms with Crippen molar-refractivity contribution in [1.29, 1.82) is 0 Å². The van der Waals surface area contributed by atoms with Crippen molar-refractivity contribution in [3.8, 4) is 0 Å². The fourth-order valence-corrected chi connectivity index (χ4v) is 1.34. The molecule has 0 N–H and O–H groups in total. The standard InChI is InChI=1S/C5H6N2O2S/c1-2-8-9-5(1)4-3-10-7-6-4/h3,5H,1-2H2. The lowest BCUT2D eigenvalue weighted by molar-refractivity contribution is -0.277. The molecule has 5 heteroatoms. The van der Waals surface area contributed by atoms with Crippen LogP contribution in [-0.4, -0.2) is 16.2 Å². The molecular weight excluding hydrogens is 152 g/mol. The van der Waals surface area contributed by atoms with Gasteiger partial charge in [-0.2, -0.15) is 0 Å². The average Bonchev–Trinajstić information content (AvgIpc) is 2.59. The molecule has 0 spiro atoms. The Morgan fingerprint density at radius 3 is 3.30 bits per heavy atom. The van der Waals surface area contributed by atoms with E-state index in [1.807, 2.05) is 5.38 Å². The quantitative estimate of drug-likeness (QED) is 0.570. The number of nitrogens with zero attached hydrogens (tertiary/aromatic N) is 2. The molecule has 1 aliphatic rings. The first-order chi connectivity index (χ1) is 4.97. The van der Waals surface area contributed by atoms with Crippen LogP contribution in [0.25, 0.3) is 0 Å². The third-order valence-electron chi connectivity index (χ3n) is 1.35. The minimum Gasteiger partial charge on any atom is -0.236 e. The van der Waals surface area contributed by atoms with Crippen molar-refractivity contribution in [2.24, 2.45) is 0 Å². The van der Waals surface area contributed by atoms with Gasteiger partial charge in [0, 0.05) is 11.8 Å². The molecule has 1 aromatic heterocycles. The van der Waals surface area contributed by atoms with Crippen molar-refractivity contribution >= 4 is 11.5 Å². The van der Waals surface area contributed by atoms with E-state index in [0.29, 0.717) is 6.61 Å². The summed E-state index contributed by atoms with van der Waals surface area (Å²) in [7, 11) is 0. The maximum Gasteiger partial charge on any atom is 0.140 e. The summed E-state index contributed by atoms with van der Waals surface area (Å²) in [5, 5.41) is 5.74. The molecule has 1 saturated heterocycles. The van der Waals surface area contributed by atoms with Gasteiger partial charge in [-0.3, -0.25) is 0 Å². The zero-order valence-corrected chi connectivity index (χ0v) is 6.00. The lowest BCUT2D eigenvalue weighted by Crippen LogP contribution is -1.94. The molecular formula is C5H6N2O2S. The molecule has 2 rings (SSSR count). The molecule has 0 saturated carbocycles. The Morgan fingerprint density at radius 1 is 1.70 bits per heavy atom. The molecule has 0 aromatic carbocycles. The van der Waals surface area contributed by atoms with Crippen molar-refractivity contribution < 1.29 is 9.78 Å². The minimum absolute atomic E-state index is 0.0127. The van der Waals surface area contributed by atoms with Gasteiger partial charge in [0.1, 0.15) is 11.8 Å². The Kier molecular flexibility index (Phi) is 1.62. The normalized spacial score (nSPS) is 25.4. The van der Waals surface area contributed by atoms with Crippen molar-refractivity contribution in [3.63, 3.8) is 0 Å². The Bertz CT molecular complexity index is 195. The van der Waals surface area contributed by atoms with Gasteiger partial charge in [-0.05, 0) is 11.5 Å². The monoisotopic (exact) mass is 158 g/mol. The molecule has 1 aliphatic heterocycles. The second-order valence-electron chi connectivity index (χ2n) is 2.03. The van der Waals surface area contributed by atoms with Crippen LogP contribution in [0.2, 0.25) is 0 Å². The number of rotatable bonds is 1. The topological polar surface area (TPSA) is 44.2 Å². The van der Waals surface area contributed by atoms with E-state index in [9.17, 15) is 0 Å². The van der Waals surface area contributed by atoms with E-state index in [0.717, 1.165) is 12.1 Å². The molecule has 54 valence electrons. The average molecular weight is 158 g/mol. The van der Waals surface area contributed by atoms with Gasteiger partial charge in [-0.25, -0.2) is 9.78 Å². The Morgan fingerprint density at radius 2 is 2.70 bits per heavy atom. The third kappa shape index (κ3) is 1.03. The fourth-order valence-electron chi connectivity index (χ4n) is 0.843. The van der Waals surface area contributed by atoms with E-state index in [1.165, 1.54) is 11.5 Å². The molecule has 0 amide bonds. The van der Waals surface area contributed by atoms with Crippen LogP contribution in [0.15, 0.2) is 5.38 Å². The van der Waals surface area contributed by atoms with E-state index >= 15 is 0 Å². The summed E-state index contributed by atoms with van der Waals surface area (Å²) in [5.74, 6) is 0. The highest BCUT2D eigenvalue weighted by molar-refractivity contribution is 7.03. The highest BCUT2D eigenvalue weighted by Gasteiger charge is 2.21. The van der Waals surface area contributed by atoms with Crippen LogP contribution < -0.4 is 0 Å². The molecule has 10 heavy (non-hydrogen) atoms. The van der Waals surface area contributed by atoms with Gasteiger partial charge >= 0.3 is 0 Å². The predicted molar refractivity (Wildman–Crippen MR) is 34.3 cm³/mol. The van der Waals surface area contributed by atoms with Crippen molar-refractivity contribution in [2.75, 3.05) is 6.61 Å². The van der Waals surface area contributed by atoms with E-state index in [2.05, 4.69) is 9.59 Å². The summed E-state index contributed by atoms with van der Waals surface area (Å²) in [6.07, 6.45) is 0.893. The smallest absolute Gasteiger partial charge is 0.140 e. The van der Waals surface area contributed by atoms with Gasteiger partial charge in [0.25, 0.3) is 0 Å². The first-order valence-corrected chi connectivity index (χ1v) is 3.86. The molecule has 2 heterocycles. The summed E-state index contributed by atoms with van der Waals surface area (Å²) < 4.78 is 3.72. The van der Waals surface area contributed by atoms with Crippen LogP contribution in [0, 0.1) is 0 Å². The maximum absolute atomic E-state index is 4.90. The zero-order valence-electron chi connectivity index (χ0n) is 5.19. The van der Waals surface area contributed by atoms with Crippen molar-refractivity contribution in [2.45, 2.75) is 12.5 Å². The van der Waals surface area contributed by atoms with Crippen molar-refractivity contribution in [3.05, 3.63) is 11.1 Å². The molecule has 1 unspecified atom stereocenters. The Labute approximate surface area is 61.9 Å². The van der Waals surface area contributed by atoms with Crippen LogP contribution in [0.3, 0.4) is 0 Å². The fraction of sp³-hybridized carbons (Fsp3) is 0.600. The molecule has 1 atom stereocenters. The SMILES string of the molecule is c1snnc1C1CCOO1. The van der Waals surface area contributed by atoms with Gasteiger partial charge in [0.2, 0.25) is 0 Å². The number of hydrogen-bond donors (Lipinski definition) is 0. The minimum atomic E-state index is 0.0127. The molecule has 1 aromatic rings. The second-order valence-corrected chi connectivity index (χ2v) is 2.64. The molecule has 4 nitrogen and oxygen atoms in total. The van der Waals surface area contributed by atoms with Gasteiger partial charge in [-0.1, -0.05) is 4.49 Å². The van der Waals surface area contributed by atoms with Gasteiger partial charge < -0.3 is 0 Å². The van der Waals surface area contributed by atoms with Gasteiger partial charge in [0.05, 0.1) is 6.61 Å². The van der Waals surface area contributed by atoms with Crippen LogP contribution in [0.1, 0.15) is 18.2 Å². The molecule has 0 bridgehead atoms. The lowest BCUT2D eigenvalue weighted by atomic mass is 10.2.